The quantitative estimate of drug-likeness (QED) is 0.640. The fraction of sp³-hybridized carbons (Fsp3) is 0.375. The van der Waals surface area contributed by atoms with Crippen LogP contribution in [0.25, 0.3) is 22.2 Å². The minimum Gasteiger partial charge on any atom is -0.394 e. The number of carbonyl (C=O) groups excluding carboxylic acids is 1. The molecule has 168 valence electrons. The van der Waals surface area contributed by atoms with E-state index in [2.05, 4.69) is 4.98 Å². The van der Waals surface area contributed by atoms with Gasteiger partial charge in [-0.25, -0.2) is 13.2 Å². The van der Waals surface area contributed by atoms with Gasteiger partial charge in [0, 0.05) is 23.9 Å². The van der Waals surface area contributed by atoms with Crippen LogP contribution in [0.4, 0.5) is 13.2 Å². The molecule has 5 nitrogen and oxygen atoms in total. The Morgan fingerprint density at radius 2 is 1.88 bits per heavy atom. The van der Waals surface area contributed by atoms with Crippen molar-refractivity contribution in [3.63, 3.8) is 0 Å². The van der Waals surface area contributed by atoms with E-state index in [0.717, 1.165) is 11.6 Å². The van der Waals surface area contributed by atoms with Gasteiger partial charge < -0.3 is 19.7 Å². The monoisotopic (exact) mass is 444 g/mol. The first-order valence-corrected chi connectivity index (χ1v) is 10.7. The van der Waals surface area contributed by atoms with Gasteiger partial charge in [-0.05, 0) is 60.2 Å². The van der Waals surface area contributed by atoms with Crippen LogP contribution in [0, 0.1) is 23.4 Å². The number of aromatic amines is 1. The third-order valence-electron chi connectivity index (χ3n) is 6.61. The van der Waals surface area contributed by atoms with E-state index in [1.165, 1.54) is 18.2 Å². The highest BCUT2D eigenvalue weighted by Gasteiger charge is 2.42. The number of ether oxygens (including phenoxy) is 1. The number of carbonyl (C=O) groups is 1. The molecule has 0 spiro atoms. The maximum Gasteiger partial charge on any atom is 0.226 e. The fourth-order valence-corrected chi connectivity index (χ4v) is 4.89. The third kappa shape index (κ3) is 3.57. The van der Waals surface area contributed by atoms with Gasteiger partial charge in [-0.2, -0.15) is 0 Å². The largest absolute Gasteiger partial charge is 0.394 e. The van der Waals surface area contributed by atoms with Gasteiger partial charge in [-0.15, -0.1) is 0 Å². The summed E-state index contributed by atoms with van der Waals surface area (Å²) >= 11 is 0. The Morgan fingerprint density at radius 3 is 2.59 bits per heavy atom. The minimum absolute atomic E-state index is 0.0239. The van der Waals surface area contributed by atoms with E-state index in [-0.39, 0.29) is 41.7 Å². The van der Waals surface area contributed by atoms with Crippen molar-refractivity contribution in [2.75, 3.05) is 26.4 Å². The summed E-state index contributed by atoms with van der Waals surface area (Å²) in [7, 11) is 0. The predicted molar refractivity (Wildman–Crippen MR) is 112 cm³/mol. The SMILES string of the molecule is O=C(C1CC(c2c(-c3ccc(F)cc3)[nH]c3c(F)cc(F)cc23)C1)N1CCOC[C@H]1CO. The van der Waals surface area contributed by atoms with Gasteiger partial charge in [0.2, 0.25) is 5.91 Å². The summed E-state index contributed by atoms with van der Waals surface area (Å²) in [5, 5.41) is 10.0. The number of hydrogen-bond donors (Lipinski definition) is 2. The molecular formula is C24H23F3N2O3. The molecule has 8 heteroatoms. The van der Waals surface area contributed by atoms with Crippen molar-refractivity contribution in [1.29, 1.82) is 0 Å². The second-order valence-corrected chi connectivity index (χ2v) is 8.54. The van der Waals surface area contributed by atoms with Crippen molar-refractivity contribution >= 4 is 16.8 Å². The van der Waals surface area contributed by atoms with E-state index in [9.17, 15) is 23.1 Å². The normalized spacial score (nSPS) is 23.4. The second-order valence-electron chi connectivity index (χ2n) is 8.54. The molecule has 0 bridgehead atoms. The predicted octanol–water partition coefficient (Wildman–Crippen LogP) is 3.97. The molecule has 1 aliphatic heterocycles. The van der Waals surface area contributed by atoms with Crippen molar-refractivity contribution in [3.05, 3.63) is 59.4 Å². The van der Waals surface area contributed by atoms with Gasteiger partial charge in [-0.3, -0.25) is 4.79 Å². The average Bonchev–Trinajstić information content (AvgIpc) is 3.12. The Kier molecular flexibility index (Phi) is 5.43. The number of morpholine rings is 1. The lowest BCUT2D eigenvalue weighted by atomic mass is 9.69. The lowest BCUT2D eigenvalue weighted by molar-refractivity contribution is -0.149. The van der Waals surface area contributed by atoms with Crippen LogP contribution in [-0.4, -0.2) is 53.3 Å². The van der Waals surface area contributed by atoms with Gasteiger partial charge in [0.25, 0.3) is 0 Å². The van der Waals surface area contributed by atoms with E-state index >= 15 is 0 Å². The van der Waals surface area contributed by atoms with Gasteiger partial charge in [0.15, 0.2) is 0 Å². The third-order valence-corrected chi connectivity index (χ3v) is 6.61. The first-order valence-electron chi connectivity index (χ1n) is 10.7. The second kappa shape index (κ2) is 8.26. The van der Waals surface area contributed by atoms with Crippen molar-refractivity contribution < 1.29 is 27.8 Å². The number of rotatable bonds is 4. The Hall–Kier alpha value is -2.84. The zero-order valence-corrected chi connectivity index (χ0v) is 17.3. The Balaban J connectivity index is 1.47. The number of hydrogen-bond acceptors (Lipinski definition) is 3. The fourth-order valence-electron chi connectivity index (χ4n) is 4.89. The summed E-state index contributed by atoms with van der Waals surface area (Å²) < 4.78 is 47.4. The van der Waals surface area contributed by atoms with Crippen molar-refractivity contribution in [2.45, 2.75) is 24.8 Å². The zero-order chi connectivity index (χ0) is 22.4. The molecule has 0 radical (unpaired) electrons. The summed E-state index contributed by atoms with van der Waals surface area (Å²) in [5.74, 6) is -2.08. The molecular weight excluding hydrogens is 421 g/mol. The Bertz CT molecular complexity index is 1160. The summed E-state index contributed by atoms with van der Waals surface area (Å²) in [5.41, 5.74) is 2.22. The zero-order valence-electron chi connectivity index (χ0n) is 17.3. The molecule has 1 aromatic heterocycles. The summed E-state index contributed by atoms with van der Waals surface area (Å²) in [6.07, 6.45) is 1.07. The highest BCUT2D eigenvalue weighted by Crippen LogP contribution is 2.49. The van der Waals surface area contributed by atoms with Crippen molar-refractivity contribution in [2.24, 2.45) is 5.92 Å². The molecule has 1 aliphatic carbocycles. The first-order chi connectivity index (χ1) is 15.5. The highest BCUT2D eigenvalue weighted by atomic mass is 19.1. The molecule has 32 heavy (non-hydrogen) atoms. The number of nitrogens with zero attached hydrogens (tertiary/aromatic N) is 1. The molecule has 1 amide bonds. The molecule has 2 N–H and O–H groups in total. The maximum atomic E-state index is 14.5. The number of halogens is 3. The van der Waals surface area contributed by atoms with Crippen LogP contribution in [0.15, 0.2) is 36.4 Å². The average molecular weight is 444 g/mol. The highest BCUT2D eigenvalue weighted by molar-refractivity contribution is 5.92. The number of aliphatic hydroxyl groups excluding tert-OH is 1. The molecule has 2 aromatic carbocycles. The molecule has 2 aliphatic rings. The van der Waals surface area contributed by atoms with E-state index in [1.807, 2.05) is 0 Å². The number of aromatic nitrogens is 1. The van der Waals surface area contributed by atoms with Gasteiger partial charge in [0.05, 0.1) is 37.1 Å². The summed E-state index contributed by atoms with van der Waals surface area (Å²) in [6, 6.07) is 7.62. The van der Waals surface area contributed by atoms with Crippen LogP contribution in [-0.2, 0) is 9.53 Å². The van der Waals surface area contributed by atoms with E-state index in [1.54, 1.807) is 17.0 Å². The number of H-pyrrole nitrogens is 1. The number of fused-ring (bicyclic) bond motifs is 1. The molecule has 1 saturated heterocycles. The van der Waals surface area contributed by atoms with E-state index < -0.39 is 11.6 Å². The first kappa shape index (κ1) is 21.0. The van der Waals surface area contributed by atoms with Gasteiger partial charge in [0.1, 0.15) is 17.5 Å². The summed E-state index contributed by atoms with van der Waals surface area (Å²) in [6.45, 7) is 1.04. The molecule has 0 unspecified atom stereocenters. The Labute approximate surface area is 182 Å². The standard InChI is InChI=1S/C24H23F3N2O3/c25-16-3-1-13(2-4-16)22-21(19-9-17(26)10-20(27)23(19)28-22)14-7-15(8-14)24(31)29-5-6-32-12-18(29)11-30/h1-4,9-10,14-15,18,28,30H,5-8,11-12H2/t14?,15?,18-/m1/s1. The molecule has 1 saturated carbocycles. The lowest BCUT2D eigenvalue weighted by Crippen LogP contribution is -2.53. The van der Waals surface area contributed by atoms with Crippen LogP contribution in [0.3, 0.4) is 0 Å². The van der Waals surface area contributed by atoms with Gasteiger partial charge >= 0.3 is 0 Å². The van der Waals surface area contributed by atoms with Crippen LogP contribution in [0.1, 0.15) is 24.3 Å². The number of aliphatic hydroxyl groups is 1. The van der Waals surface area contributed by atoms with E-state index in [0.29, 0.717) is 49.2 Å². The molecule has 3 aromatic rings. The lowest BCUT2D eigenvalue weighted by Gasteiger charge is -2.42. The molecule has 5 rings (SSSR count). The van der Waals surface area contributed by atoms with E-state index in [4.69, 9.17) is 4.74 Å². The van der Waals surface area contributed by atoms with Crippen LogP contribution >= 0.6 is 0 Å². The smallest absolute Gasteiger partial charge is 0.226 e. The van der Waals surface area contributed by atoms with Crippen LogP contribution in [0.5, 0.6) is 0 Å². The molecule has 2 fully saturated rings. The van der Waals surface area contributed by atoms with Crippen LogP contribution in [0.2, 0.25) is 0 Å². The number of amides is 1. The van der Waals surface area contributed by atoms with Gasteiger partial charge in [-0.1, -0.05) is 0 Å². The topological polar surface area (TPSA) is 65.6 Å². The molecule has 2 heterocycles. The van der Waals surface area contributed by atoms with Crippen LogP contribution < -0.4 is 0 Å². The summed E-state index contributed by atoms with van der Waals surface area (Å²) in [4.78, 5) is 17.8. The number of nitrogens with one attached hydrogen (secondary N) is 1. The Morgan fingerprint density at radius 1 is 1.12 bits per heavy atom. The maximum absolute atomic E-state index is 14.5. The minimum atomic E-state index is -0.694. The number of benzene rings is 2. The van der Waals surface area contributed by atoms with Crippen molar-refractivity contribution in [1.82, 2.24) is 9.88 Å². The molecule has 1 atom stereocenters. The van der Waals surface area contributed by atoms with Crippen molar-refractivity contribution in [3.8, 4) is 11.3 Å².